The lowest BCUT2D eigenvalue weighted by molar-refractivity contribution is 1.30. The number of benzene rings is 12. The third kappa shape index (κ3) is 6.12. The summed E-state index contributed by atoms with van der Waals surface area (Å²) in [6.07, 6.45) is 0. The van der Waals surface area contributed by atoms with Gasteiger partial charge in [0.1, 0.15) is 0 Å². The molecule has 0 aromatic heterocycles. The van der Waals surface area contributed by atoms with Crippen LogP contribution in [0.2, 0.25) is 0 Å². The van der Waals surface area contributed by atoms with Gasteiger partial charge in [-0.2, -0.15) is 0 Å². The second-order valence-corrected chi connectivity index (χ2v) is 16.2. The van der Waals surface area contributed by atoms with Crippen LogP contribution in [0, 0.1) is 0 Å². The molecular weight excluding hydrogens is 749 g/mol. The van der Waals surface area contributed by atoms with E-state index in [2.05, 4.69) is 252 Å². The molecule has 0 saturated carbocycles. The van der Waals surface area contributed by atoms with Crippen molar-refractivity contribution in [3.8, 4) is 11.1 Å². The van der Waals surface area contributed by atoms with Gasteiger partial charge in [0, 0.05) is 33.5 Å². The van der Waals surface area contributed by atoms with E-state index in [1.807, 2.05) is 0 Å². The Kier molecular flexibility index (Phi) is 8.53. The summed E-state index contributed by atoms with van der Waals surface area (Å²) < 4.78 is 0. The van der Waals surface area contributed by atoms with Crippen molar-refractivity contribution in [3.05, 3.63) is 243 Å². The van der Waals surface area contributed by atoms with E-state index in [-0.39, 0.29) is 0 Å². The fourth-order valence-electron chi connectivity index (χ4n) is 9.57. The van der Waals surface area contributed by atoms with Crippen LogP contribution in [0.1, 0.15) is 0 Å². The van der Waals surface area contributed by atoms with E-state index in [9.17, 15) is 0 Å². The summed E-state index contributed by atoms with van der Waals surface area (Å²) in [5, 5.41) is 14.8. The number of para-hydroxylation sites is 2. The SMILES string of the molecule is c1ccc(N(c2ccc3c(ccc4cc(-c5ccc6c(ccc7cc(N(c8ccccc8)c8cccc9ccccc89)ccc76)c5)ccc43)c2)c2cccc3ccccc23)cc1. The number of hydrogen-bond donors (Lipinski definition) is 0. The van der Waals surface area contributed by atoms with Crippen LogP contribution in [0.15, 0.2) is 243 Å². The topological polar surface area (TPSA) is 6.48 Å². The number of anilines is 6. The Morgan fingerprint density at radius 2 is 0.548 bits per heavy atom. The van der Waals surface area contributed by atoms with Crippen molar-refractivity contribution < 1.29 is 0 Å². The van der Waals surface area contributed by atoms with E-state index in [0.717, 1.165) is 22.7 Å². The summed E-state index contributed by atoms with van der Waals surface area (Å²) in [4.78, 5) is 4.76. The first-order valence-electron chi connectivity index (χ1n) is 21.3. The lowest BCUT2D eigenvalue weighted by Crippen LogP contribution is -2.10. The van der Waals surface area contributed by atoms with Crippen LogP contribution in [0.5, 0.6) is 0 Å². The monoisotopic (exact) mass is 788 g/mol. The van der Waals surface area contributed by atoms with E-state index < -0.39 is 0 Å². The molecule has 0 spiro atoms. The van der Waals surface area contributed by atoms with Crippen molar-refractivity contribution in [2.45, 2.75) is 0 Å². The molecule has 62 heavy (non-hydrogen) atoms. The third-order valence-corrected chi connectivity index (χ3v) is 12.5. The van der Waals surface area contributed by atoms with Gasteiger partial charge in [-0.3, -0.25) is 0 Å². The molecule has 290 valence electrons. The molecule has 0 amide bonds. The Bertz CT molecular complexity index is 3400. The van der Waals surface area contributed by atoms with E-state index in [1.165, 1.54) is 87.1 Å². The van der Waals surface area contributed by atoms with Gasteiger partial charge < -0.3 is 9.80 Å². The van der Waals surface area contributed by atoms with Gasteiger partial charge in [0.25, 0.3) is 0 Å². The van der Waals surface area contributed by atoms with Gasteiger partial charge in [-0.25, -0.2) is 0 Å². The smallest absolute Gasteiger partial charge is 0.0540 e. The second-order valence-electron chi connectivity index (χ2n) is 16.2. The molecule has 2 nitrogen and oxygen atoms in total. The molecule has 0 unspecified atom stereocenters. The summed E-state index contributed by atoms with van der Waals surface area (Å²) in [5.41, 5.74) is 9.29. The largest absolute Gasteiger partial charge is 0.310 e. The van der Waals surface area contributed by atoms with Gasteiger partial charge >= 0.3 is 0 Å². The summed E-state index contributed by atoms with van der Waals surface area (Å²) in [6.45, 7) is 0. The lowest BCUT2D eigenvalue weighted by Gasteiger charge is -2.27. The maximum Gasteiger partial charge on any atom is 0.0540 e. The van der Waals surface area contributed by atoms with Crippen molar-refractivity contribution in [1.29, 1.82) is 0 Å². The van der Waals surface area contributed by atoms with Crippen molar-refractivity contribution in [2.75, 3.05) is 9.80 Å². The average Bonchev–Trinajstić information content (AvgIpc) is 3.34. The molecule has 0 heterocycles. The molecule has 0 N–H and O–H groups in total. The highest BCUT2D eigenvalue weighted by molar-refractivity contribution is 6.12. The summed E-state index contributed by atoms with van der Waals surface area (Å²) in [5.74, 6) is 0. The van der Waals surface area contributed by atoms with Crippen LogP contribution < -0.4 is 9.80 Å². The van der Waals surface area contributed by atoms with Crippen molar-refractivity contribution in [3.63, 3.8) is 0 Å². The van der Waals surface area contributed by atoms with Crippen molar-refractivity contribution in [1.82, 2.24) is 0 Å². The van der Waals surface area contributed by atoms with Crippen LogP contribution in [0.25, 0.3) is 75.8 Å². The van der Waals surface area contributed by atoms with Crippen LogP contribution in [0.3, 0.4) is 0 Å². The van der Waals surface area contributed by atoms with Crippen LogP contribution in [0.4, 0.5) is 34.1 Å². The predicted molar refractivity (Wildman–Crippen MR) is 266 cm³/mol. The number of nitrogens with zero attached hydrogens (tertiary/aromatic N) is 2. The summed E-state index contributed by atoms with van der Waals surface area (Å²) in [6, 6.07) is 88.5. The molecule has 0 saturated heterocycles. The van der Waals surface area contributed by atoms with Crippen molar-refractivity contribution in [2.24, 2.45) is 0 Å². The Morgan fingerprint density at radius 1 is 0.194 bits per heavy atom. The molecule has 0 fully saturated rings. The first kappa shape index (κ1) is 35.7. The van der Waals surface area contributed by atoms with Gasteiger partial charge in [-0.05, 0) is 138 Å². The Balaban J connectivity index is 0.894. The van der Waals surface area contributed by atoms with Crippen LogP contribution >= 0.6 is 0 Å². The number of fused-ring (bicyclic) bond motifs is 8. The van der Waals surface area contributed by atoms with E-state index in [1.54, 1.807) is 0 Å². The van der Waals surface area contributed by atoms with E-state index in [4.69, 9.17) is 0 Å². The fraction of sp³-hybridized carbons (Fsp3) is 0. The zero-order valence-corrected chi connectivity index (χ0v) is 34.0. The van der Waals surface area contributed by atoms with Gasteiger partial charge in [-0.1, -0.05) is 170 Å². The maximum atomic E-state index is 2.38. The summed E-state index contributed by atoms with van der Waals surface area (Å²) >= 11 is 0. The minimum atomic E-state index is 1.13. The normalized spacial score (nSPS) is 11.5. The summed E-state index contributed by atoms with van der Waals surface area (Å²) in [7, 11) is 0. The predicted octanol–water partition coefficient (Wildman–Crippen LogP) is 17.2. The van der Waals surface area contributed by atoms with Crippen LogP contribution in [-0.4, -0.2) is 0 Å². The van der Waals surface area contributed by atoms with Gasteiger partial charge in [-0.15, -0.1) is 0 Å². The first-order chi connectivity index (χ1) is 30.7. The zero-order chi connectivity index (χ0) is 41.0. The molecule has 12 aromatic carbocycles. The molecule has 0 bridgehead atoms. The quantitative estimate of drug-likeness (QED) is 0.148. The Hall–Kier alpha value is -8.20. The molecule has 12 rings (SSSR count). The lowest BCUT2D eigenvalue weighted by atomic mass is 9.94. The molecule has 2 heteroatoms. The molecule has 0 radical (unpaired) electrons. The molecule has 0 atom stereocenters. The first-order valence-corrected chi connectivity index (χ1v) is 21.3. The average molecular weight is 789 g/mol. The molecule has 0 aliphatic rings. The van der Waals surface area contributed by atoms with Gasteiger partial charge in [0.2, 0.25) is 0 Å². The van der Waals surface area contributed by atoms with E-state index in [0.29, 0.717) is 0 Å². The third-order valence-electron chi connectivity index (χ3n) is 12.5. The molecular formula is C60H40N2. The zero-order valence-electron chi connectivity index (χ0n) is 34.0. The fourth-order valence-corrected chi connectivity index (χ4v) is 9.57. The van der Waals surface area contributed by atoms with Gasteiger partial charge in [0.15, 0.2) is 0 Å². The van der Waals surface area contributed by atoms with E-state index >= 15 is 0 Å². The highest BCUT2D eigenvalue weighted by Crippen LogP contribution is 2.43. The standard InChI is InChI=1S/C60H40N2/c1-3-17-49(18-4-1)61(59-23-11-15-41-13-7-9-21-57(41)59)51-31-35-55-47(39-51)27-25-45-37-43(29-33-53(45)55)44-30-34-54-46(38-44)26-28-48-40-52(32-36-56(48)54)62(50-19-5-2-6-20-50)60-24-12-16-42-14-8-10-22-58(42)60/h1-40H. The molecule has 12 aromatic rings. The maximum absolute atomic E-state index is 2.38. The van der Waals surface area contributed by atoms with Crippen LogP contribution in [-0.2, 0) is 0 Å². The highest BCUT2D eigenvalue weighted by Gasteiger charge is 2.18. The second kappa shape index (κ2) is 14.8. The molecule has 0 aliphatic carbocycles. The molecule has 0 aliphatic heterocycles. The Labute approximate surface area is 360 Å². The number of rotatable bonds is 7. The Morgan fingerprint density at radius 3 is 0.984 bits per heavy atom. The van der Waals surface area contributed by atoms with Crippen molar-refractivity contribution >= 4 is 98.8 Å². The van der Waals surface area contributed by atoms with Gasteiger partial charge in [0.05, 0.1) is 11.4 Å². The highest BCUT2D eigenvalue weighted by atomic mass is 15.1. The minimum absolute atomic E-state index is 1.13. The minimum Gasteiger partial charge on any atom is -0.310 e. The number of hydrogen-bond acceptors (Lipinski definition) is 2.